The topological polar surface area (TPSA) is 37.3 Å². The normalized spacial score (nSPS) is 26.7. The SMILES string of the molecule is CC1(C)C(C(=O)O)C1C(CCl)c1ccccc1Cl. The molecule has 18 heavy (non-hydrogen) atoms. The van der Waals surface area contributed by atoms with Gasteiger partial charge in [-0.15, -0.1) is 11.6 Å². The number of carboxylic acid groups (broad SMARTS) is 1. The first-order valence-electron chi connectivity index (χ1n) is 5.94. The lowest BCUT2D eigenvalue weighted by Gasteiger charge is -2.17. The third-order valence-corrected chi connectivity index (χ3v) is 4.76. The first-order chi connectivity index (χ1) is 8.41. The Morgan fingerprint density at radius 1 is 1.44 bits per heavy atom. The van der Waals surface area contributed by atoms with E-state index < -0.39 is 5.97 Å². The van der Waals surface area contributed by atoms with E-state index in [1.165, 1.54) is 0 Å². The molecule has 0 heterocycles. The molecule has 0 aliphatic heterocycles. The highest BCUT2D eigenvalue weighted by molar-refractivity contribution is 6.31. The molecule has 0 radical (unpaired) electrons. The van der Waals surface area contributed by atoms with Gasteiger partial charge in [-0.1, -0.05) is 43.6 Å². The zero-order chi connectivity index (χ0) is 13.5. The number of halogens is 2. The Morgan fingerprint density at radius 2 is 2.06 bits per heavy atom. The van der Waals surface area contributed by atoms with Crippen LogP contribution >= 0.6 is 23.2 Å². The molecular formula is C14H16Cl2O2. The van der Waals surface area contributed by atoms with E-state index in [1.807, 2.05) is 38.1 Å². The van der Waals surface area contributed by atoms with E-state index in [0.29, 0.717) is 10.9 Å². The summed E-state index contributed by atoms with van der Waals surface area (Å²) in [7, 11) is 0. The lowest BCUT2D eigenvalue weighted by Crippen LogP contribution is -2.09. The average molecular weight is 287 g/mol. The summed E-state index contributed by atoms with van der Waals surface area (Å²) in [5.74, 6) is -0.643. The Morgan fingerprint density at radius 3 is 2.50 bits per heavy atom. The van der Waals surface area contributed by atoms with Crippen molar-refractivity contribution in [2.24, 2.45) is 17.3 Å². The summed E-state index contributed by atoms with van der Waals surface area (Å²) in [6, 6.07) is 7.53. The highest BCUT2D eigenvalue weighted by Gasteiger charge is 2.64. The molecule has 1 fully saturated rings. The van der Waals surface area contributed by atoms with E-state index >= 15 is 0 Å². The zero-order valence-corrected chi connectivity index (χ0v) is 11.9. The minimum Gasteiger partial charge on any atom is -0.481 e. The zero-order valence-electron chi connectivity index (χ0n) is 10.4. The monoisotopic (exact) mass is 286 g/mol. The van der Waals surface area contributed by atoms with Crippen molar-refractivity contribution < 1.29 is 9.90 Å². The largest absolute Gasteiger partial charge is 0.481 e. The van der Waals surface area contributed by atoms with Crippen LogP contribution < -0.4 is 0 Å². The second-order valence-corrected chi connectivity index (χ2v) is 6.16. The summed E-state index contributed by atoms with van der Waals surface area (Å²) >= 11 is 12.2. The maximum atomic E-state index is 11.2. The standard InChI is InChI=1S/C14H16Cl2O2/c1-14(2)11(12(14)13(17)18)9(7-15)8-5-3-4-6-10(8)16/h3-6,9,11-12H,7H2,1-2H3,(H,17,18). The molecule has 0 amide bonds. The number of rotatable bonds is 4. The molecule has 3 atom stereocenters. The third kappa shape index (κ3) is 2.12. The fourth-order valence-electron chi connectivity index (χ4n) is 3.05. The van der Waals surface area contributed by atoms with Gasteiger partial charge < -0.3 is 5.11 Å². The molecular weight excluding hydrogens is 271 g/mol. The van der Waals surface area contributed by atoms with Gasteiger partial charge in [-0.3, -0.25) is 4.79 Å². The van der Waals surface area contributed by atoms with Crippen LogP contribution in [0.5, 0.6) is 0 Å². The maximum absolute atomic E-state index is 11.2. The fourth-order valence-corrected chi connectivity index (χ4v) is 3.68. The second-order valence-electron chi connectivity index (χ2n) is 5.45. The van der Waals surface area contributed by atoms with Crippen molar-refractivity contribution in [1.82, 2.24) is 0 Å². The summed E-state index contributed by atoms with van der Waals surface area (Å²) in [5, 5.41) is 9.91. The van der Waals surface area contributed by atoms with E-state index in [9.17, 15) is 9.90 Å². The molecule has 4 heteroatoms. The number of hydrogen-bond donors (Lipinski definition) is 1. The van der Waals surface area contributed by atoms with Gasteiger partial charge in [0.2, 0.25) is 0 Å². The summed E-state index contributed by atoms with van der Waals surface area (Å²) in [5.41, 5.74) is 0.737. The molecule has 2 rings (SSSR count). The van der Waals surface area contributed by atoms with Gasteiger partial charge in [-0.25, -0.2) is 0 Å². The number of carboxylic acids is 1. The van der Waals surface area contributed by atoms with Crippen LogP contribution in [0.3, 0.4) is 0 Å². The Kier molecular flexibility index (Phi) is 3.61. The van der Waals surface area contributed by atoms with Crippen molar-refractivity contribution in [3.8, 4) is 0 Å². The first-order valence-corrected chi connectivity index (χ1v) is 6.85. The quantitative estimate of drug-likeness (QED) is 0.849. The molecule has 98 valence electrons. The van der Waals surface area contributed by atoms with Gasteiger partial charge >= 0.3 is 5.97 Å². The molecule has 1 aromatic carbocycles. The number of alkyl halides is 1. The minimum absolute atomic E-state index is 0.00327. The van der Waals surface area contributed by atoms with Crippen LogP contribution in [0.2, 0.25) is 5.02 Å². The maximum Gasteiger partial charge on any atom is 0.307 e. The molecule has 0 spiro atoms. The summed E-state index contributed by atoms with van der Waals surface area (Å²) in [6.45, 7) is 3.96. The van der Waals surface area contributed by atoms with Gasteiger partial charge in [0.15, 0.2) is 0 Å². The van der Waals surface area contributed by atoms with Gasteiger partial charge in [0.25, 0.3) is 0 Å². The summed E-state index contributed by atoms with van der Waals surface area (Å²) < 4.78 is 0. The number of carbonyl (C=O) groups is 1. The van der Waals surface area contributed by atoms with Gasteiger partial charge in [-0.2, -0.15) is 0 Å². The van der Waals surface area contributed by atoms with Crippen molar-refractivity contribution in [2.75, 3.05) is 5.88 Å². The van der Waals surface area contributed by atoms with Gasteiger partial charge in [-0.05, 0) is 23.0 Å². The van der Waals surface area contributed by atoms with Crippen molar-refractivity contribution in [3.63, 3.8) is 0 Å². The lowest BCUT2D eigenvalue weighted by molar-refractivity contribution is -0.139. The van der Waals surface area contributed by atoms with Gasteiger partial charge in [0.1, 0.15) is 0 Å². The molecule has 1 saturated carbocycles. The molecule has 0 bridgehead atoms. The summed E-state index contributed by atoms with van der Waals surface area (Å²) in [4.78, 5) is 11.2. The van der Waals surface area contributed by atoms with Crippen molar-refractivity contribution in [1.29, 1.82) is 0 Å². The Labute approximate surface area is 117 Å². The molecule has 0 aromatic heterocycles. The molecule has 3 unspecified atom stereocenters. The van der Waals surface area contributed by atoms with Gasteiger partial charge in [0.05, 0.1) is 5.92 Å². The van der Waals surface area contributed by atoms with Crippen LogP contribution in [-0.2, 0) is 4.79 Å². The van der Waals surface area contributed by atoms with E-state index in [1.54, 1.807) is 0 Å². The Bertz CT molecular complexity index is 471. The molecule has 1 aromatic rings. The van der Waals surface area contributed by atoms with Crippen LogP contribution in [-0.4, -0.2) is 17.0 Å². The average Bonchev–Trinajstić information content (AvgIpc) is 2.86. The van der Waals surface area contributed by atoms with Crippen LogP contribution in [0, 0.1) is 17.3 Å². The van der Waals surface area contributed by atoms with Crippen LogP contribution in [0.25, 0.3) is 0 Å². The highest BCUT2D eigenvalue weighted by atomic mass is 35.5. The predicted octanol–water partition coefficient (Wildman–Crippen LogP) is 4.02. The van der Waals surface area contributed by atoms with Crippen molar-refractivity contribution >= 4 is 29.2 Å². The van der Waals surface area contributed by atoms with E-state index in [2.05, 4.69) is 0 Å². The first kappa shape index (κ1) is 13.7. The van der Waals surface area contributed by atoms with Crippen molar-refractivity contribution in [3.05, 3.63) is 34.9 Å². The third-order valence-electron chi connectivity index (χ3n) is 4.08. The van der Waals surface area contributed by atoms with Crippen LogP contribution in [0.1, 0.15) is 25.3 Å². The van der Waals surface area contributed by atoms with E-state index in [0.717, 1.165) is 5.56 Å². The van der Waals surface area contributed by atoms with Gasteiger partial charge in [0, 0.05) is 16.8 Å². The minimum atomic E-state index is -0.743. The number of hydrogen-bond acceptors (Lipinski definition) is 1. The van der Waals surface area contributed by atoms with Crippen LogP contribution in [0.4, 0.5) is 0 Å². The van der Waals surface area contributed by atoms with Crippen molar-refractivity contribution in [2.45, 2.75) is 19.8 Å². The second kappa shape index (κ2) is 4.75. The summed E-state index contributed by atoms with van der Waals surface area (Å²) in [6.07, 6.45) is 0. The highest BCUT2D eigenvalue weighted by Crippen LogP contribution is 2.64. The molecule has 1 aliphatic rings. The lowest BCUT2D eigenvalue weighted by atomic mass is 9.91. The molecule has 1 N–H and O–H groups in total. The molecule has 0 saturated heterocycles. The van der Waals surface area contributed by atoms with E-state index in [4.69, 9.17) is 23.2 Å². The Balaban J connectivity index is 2.32. The number of benzene rings is 1. The number of aliphatic carboxylic acids is 1. The fraction of sp³-hybridized carbons (Fsp3) is 0.500. The molecule has 2 nitrogen and oxygen atoms in total. The Hall–Kier alpha value is -0.730. The van der Waals surface area contributed by atoms with Crippen LogP contribution in [0.15, 0.2) is 24.3 Å². The van der Waals surface area contributed by atoms with E-state index in [-0.39, 0.29) is 23.2 Å². The smallest absolute Gasteiger partial charge is 0.307 e. The molecule has 1 aliphatic carbocycles. The predicted molar refractivity (Wildman–Crippen MR) is 73.3 cm³/mol.